The number of carbonyl (C=O) groups excluding carboxylic acids is 1. The van der Waals surface area contributed by atoms with Crippen LogP contribution in [0.25, 0.3) is 0 Å². The van der Waals surface area contributed by atoms with Crippen LogP contribution < -0.4 is 25.4 Å². The van der Waals surface area contributed by atoms with Crippen molar-refractivity contribution in [3.05, 3.63) is 35.5 Å². The Labute approximate surface area is 188 Å². The first-order chi connectivity index (χ1) is 15.7. The number of hydrogen-bond acceptors (Lipinski definition) is 7. The Balaban J connectivity index is 1.58. The maximum absolute atomic E-state index is 13.2. The molecule has 0 bridgehead atoms. The molecule has 12 heteroatoms. The van der Waals surface area contributed by atoms with Crippen LogP contribution in [0.1, 0.15) is 36.8 Å². The number of rotatable bonds is 7. The van der Waals surface area contributed by atoms with Gasteiger partial charge in [0.2, 0.25) is 11.8 Å². The van der Waals surface area contributed by atoms with Crippen LogP contribution in [0.2, 0.25) is 0 Å². The molecule has 33 heavy (non-hydrogen) atoms. The molecule has 1 fully saturated rings. The number of urea groups is 1. The van der Waals surface area contributed by atoms with E-state index in [1.165, 1.54) is 7.11 Å². The summed E-state index contributed by atoms with van der Waals surface area (Å²) in [5, 5.41) is 17.5. The van der Waals surface area contributed by atoms with Gasteiger partial charge < -0.3 is 30.5 Å². The van der Waals surface area contributed by atoms with E-state index in [1.54, 1.807) is 19.3 Å². The second-order valence-electron chi connectivity index (χ2n) is 7.53. The van der Waals surface area contributed by atoms with Crippen molar-refractivity contribution in [2.45, 2.75) is 50.6 Å². The summed E-state index contributed by atoms with van der Waals surface area (Å²) in [5.41, 5.74) is -1.24. The summed E-state index contributed by atoms with van der Waals surface area (Å²) < 4.78 is 50.6. The van der Waals surface area contributed by atoms with Gasteiger partial charge in [-0.1, -0.05) is 0 Å². The highest BCUT2D eigenvalue weighted by molar-refractivity contribution is 5.91. The number of hydrogen-bond donors (Lipinski definition) is 4. The minimum absolute atomic E-state index is 0.0245. The number of aliphatic hydroxyl groups excluding tert-OH is 1. The van der Waals surface area contributed by atoms with E-state index in [-0.39, 0.29) is 29.1 Å². The lowest BCUT2D eigenvalue weighted by molar-refractivity contribution is -0.137. The second kappa shape index (κ2) is 10.6. The number of amides is 2. The molecule has 0 saturated heterocycles. The second-order valence-corrected chi connectivity index (χ2v) is 7.53. The van der Waals surface area contributed by atoms with Crippen LogP contribution in [0.15, 0.2) is 24.4 Å². The van der Waals surface area contributed by atoms with Crippen molar-refractivity contribution in [3.63, 3.8) is 0 Å². The minimum atomic E-state index is -4.64. The molecule has 0 radical (unpaired) electrons. The Morgan fingerprint density at radius 3 is 2.58 bits per heavy atom. The van der Waals surface area contributed by atoms with E-state index in [1.807, 2.05) is 0 Å². The summed E-state index contributed by atoms with van der Waals surface area (Å²) in [6, 6.07) is 2.42. The SMILES string of the molecule is CNc1nccc(O[C@H]2CC[C@H](NC(=O)Nc3cc(C(F)(F)F)cc(CO)c3OC)CC2)n1. The molecule has 2 amide bonds. The fourth-order valence-electron chi connectivity index (χ4n) is 3.67. The van der Waals surface area contributed by atoms with Crippen molar-refractivity contribution < 1.29 is 32.5 Å². The zero-order chi connectivity index (χ0) is 24.0. The Kier molecular flexibility index (Phi) is 7.79. The van der Waals surface area contributed by atoms with E-state index in [0.29, 0.717) is 37.5 Å². The highest BCUT2D eigenvalue weighted by atomic mass is 19.4. The average molecular weight is 469 g/mol. The molecule has 2 aromatic rings. The zero-order valence-electron chi connectivity index (χ0n) is 18.2. The lowest BCUT2D eigenvalue weighted by atomic mass is 9.93. The molecule has 0 unspecified atom stereocenters. The molecule has 1 aliphatic carbocycles. The first-order valence-electron chi connectivity index (χ1n) is 10.4. The van der Waals surface area contributed by atoms with Crippen molar-refractivity contribution in [2.75, 3.05) is 24.8 Å². The van der Waals surface area contributed by atoms with Gasteiger partial charge >= 0.3 is 12.2 Å². The predicted molar refractivity (Wildman–Crippen MR) is 114 cm³/mol. The minimum Gasteiger partial charge on any atom is -0.494 e. The van der Waals surface area contributed by atoms with Crippen molar-refractivity contribution in [1.82, 2.24) is 15.3 Å². The van der Waals surface area contributed by atoms with Gasteiger partial charge in [0.1, 0.15) is 11.9 Å². The third-order valence-corrected chi connectivity index (χ3v) is 5.27. The van der Waals surface area contributed by atoms with Gasteiger partial charge in [-0.2, -0.15) is 18.2 Å². The molecule has 9 nitrogen and oxygen atoms in total. The quantitative estimate of drug-likeness (QED) is 0.490. The monoisotopic (exact) mass is 469 g/mol. The van der Waals surface area contributed by atoms with Crippen LogP contribution >= 0.6 is 0 Å². The number of nitrogens with zero attached hydrogens (tertiary/aromatic N) is 2. The molecule has 180 valence electrons. The Bertz CT molecular complexity index is 965. The molecule has 3 rings (SSSR count). The van der Waals surface area contributed by atoms with E-state index < -0.39 is 24.4 Å². The van der Waals surface area contributed by atoms with Gasteiger partial charge in [0.05, 0.1) is 25.0 Å². The largest absolute Gasteiger partial charge is 0.494 e. The van der Waals surface area contributed by atoms with Gasteiger partial charge in [0.25, 0.3) is 0 Å². The van der Waals surface area contributed by atoms with Gasteiger partial charge in [0, 0.05) is 30.9 Å². The number of benzene rings is 1. The Morgan fingerprint density at radius 2 is 1.97 bits per heavy atom. The van der Waals surface area contributed by atoms with Crippen LogP contribution in [0, 0.1) is 0 Å². The van der Waals surface area contributed by atoms with Gasteiger partial charge in [-0.25, -0.2) is 9.78 Å². The van der Waals surface area contributed by atoms with E-state index >= 15 is 0 Å². The van der Waals surface area contributed by atoms with Crippen LogP contribution in [-0.2, 0) is 12.8 Å². The number of halogens is 3. The molecule has 1 heterocycles. The summed E-state index contributed by atoms with van der Waals surface area (Å²) >= 11 is 0. The average Bonchev–Trinajstić information content (AvgIpc) is 2.79. The number of alkyl halides is 3. The predicted octanol–water partition coefficient (Wildman–Crippen LogP) is 3.55. The number of ether oxygens (including phenoxy) is 2. The van der Waals surface area contributed by atoms with Gasteiger partial charge in [0.15, 0.2) is 0 Å². The molecular weight excluding hydrogens is 443 g/mol. The summed E-state index contributed by atoms with van der Waals surface area (Å²) in [6.07, 6.45) is -0.513. The molecule has 0 atom stereocenters. The molecule has 1 aromatic heterocycles. The van der Waals surface area contributed by atoms with Crippen molar-refractivity contribution in [2.24, 2.45) is 0 Å². The van der Waals surface area contributed by atoms with Crippen molar-refractivity contribution in [1.29, 1.82) is 0 Å². The van der Waals surface area contributed by atoms with Crippen LogP contribution in [0.4, 0.5) is 29.6 Å². The number of carbonyl (C=O) groups is 1. The molecular formula is C21H26F3N5O4. The number of anilines is 2. The summed E-state index contributed by atoms with van der Waals surface area (Å²) in [5.74, 6) is 0.886. The summed E-state index contributed by atoms with van der Waals surface area (Å²) in [7, 11) is 2.96. The fourth-order valence-corrected chi connectivity index (χ4v) is 3.67. The third kappa shape index (κ3) is 6.37. The topological polar surface area (TPSA) is 118 Å². The van der Waals surface area contributed by atoms with Gasteiger partial charge in [-0.3, -0.25) is 0 Å². The summed E-state index contributed by atoms with van der Waals surface area (Å²) in [4.78, 5) is 20.7. The zero-order valence-corrected chi connectivity index (χ0v) is 18.2. The normalized spacial score (nSPS) is 18.4. The van der Waals surface area contributed by atoms with E-state index in [0.717, 1.165) is 12.1 Å². The van der Waals surface area contributed by atoms with Crippen LogP contribution in [0.5, 0.6) is 11.6 Å². The Hall–Kier alpha value is -3.28. The summed E-state index contributed by atoms with van der Waals surface area (Å²) in [6.45, 7) is -0.671. The smallest absolute Gasteiger partial charge is 0.416 e. The number of aliphatic hydroxyl groups is 1. The molecule has 4 N–H and O–H groups in total. The maximum atomic E-state index is 13.2. The molecule has 0 aliphatic heterocycles. The van der Waals surface area contributed by atoms with Gasteiger partial charge in [-0.15, -0.1) is 0 Å². The Morgan fingerprint density at radius 1 is 1.24 bits per heavy atom. The van der Waals surface area contributed by atoms with E-state index in [2.05, 4.69) is 25.9 Å². The highest BCUT2D eigenvalue weighted by Gasteiger charge is 2.33. The molecule has 1 aromatic carbocycles. The standard InChI is InChI=1S/C21H26F3N5O4/c1-25-19-26-8-7-17(29-19)33-15-5-3-14(4-6-15)27-20(31)28-16-10-13(21(22,23)24)9-12(11-30)18(16)32-2/h7-10,14-15,30H,3-6,11H2,1-2H3,(H,25,26,29)(H2,27,28,31)/t14-,15-. The number of aromatic nitrogens is 2. The first-order valence-corrected chi connectivity index (χ1v) is 10.4. The van der Waals surface area contributed by atoms with E-state index in [4.69, 9.17) is 9.47 Å². The van der Waals surface area contributed by atoms with Crippen LogP contribution in [0.3, 0.4) is 0 Å². The van der Waals surface area contributed by atoms with Crippen LogP contribution in [-0.4, -0.2) is 47.4 Å². The third-order valence-electron chi connectivity index (χ3n) is 5.27. The molecule has 1 saturated carbocycles. The molecule has 1 aliphatic rings. The van der Waals surface area contributed by atoms with E-state index in [9.17, 15) is 23.1 Å². The maximum Gasteiger partial charge on any atom is 0.416 e. The van der Waals surface area contributed by atoms with Crippen molar-refractivity contribution in [3.8, 4) is 11.6 Å². The van der Waals surface area contributed by atoms with Crippen molar-refractivity contribution >= 4 is 17.7 Å². The molecule has 0 spiro atoms. The fraction of sp³-hybridized carbons (Fsp3) is 0.476. The first kappa shape index (κ1) is 24.4. The lowest BCUT2D eigenvalue weighted by Gasteiger charge is -2.29. The number of methoxy groups -OCH3 is 1. The van der Waals surface area contributed by atoms with Gasteiger partial charge in [-0.05, 0) is 37.8 Å². The number of nitrogens with one attached hydrogen (secondary N) is 3. The highest BCUT2D eigenvalue weighted by Crippen LogP contribution is 2.38. The lowest BCUT2D eigenvalue weighted by Crippen LogP contribution is -2.41.